The summed E-state index contributed by atoms with van der Waals surface area (Å²) in [6.45, 7) is 1.23. The van der Waals surface area contributed by atoms with Gasteiger partial charge in [-0.2, -0.15) is 5.10 Å². The summed E-state index contributed by atoms with van der Waals surface area (Å²) in [6.07, 6.45) is 7.31. The van der Waals surface area contributed by atoms with E-state index in [1.807, 2.05) is 11.1 Å². The lowest BCUT2D eigenvalue weighted by atomic mass is 9.98. The number of ether oxygens (including phenoxy) is 1. The summed E-state index contributed by atoms with van der Waals surface area (Å²) in [5.74, 6) is -0.161. The molecule has 0 bridgehead atoms. The van der Waals surface area contributed by atoms with E-state index in [1.54, 1.807) is 18.3 Å². The van der Waals surface area contributed by atoms with Gasteiger partial charge >= 0.3 is 6.03 Å². The maximum Gasteiger partial charge on any atom is 0.317 e. The number of likely N-dealkylation sites (tertiary alicyclic amines) is 1. The Morgan fingerprint density at radius 1 is 1.48 bits per heavy atom. The largest absolute Gasteiger partial charge is 0.494 e. The minimum atomic E-state index is -0.383. The van der Waals surface area contributed by atoms with Gasteiger partial charge in [0.15, 0.2) is 11.6 Å². The fraction of sp³-hybridized carbons (Fsp3) is 0.444. The van der Waals surface area contributed by atoms with Crippen LogP contribution in [0.1, 0.15) is 36.4 Å². The first kappa shape index (κ1) is 17.3. The molecule has 1 atom stereocenters. The number of halogens is 1. The topological polar surface area (TPSA) is 70.2 Å². The van der Waals surface area contributed by atoms with Crippen molar-refractivity contribution in [3.05, 3.63) is 47.5 Å². The number of urea groups is 1. The Hall–Kier alpha value is -2.57. The Labute approximate surface area is 146 Å². The van der Waals surface area contributed by atoms with Crippen molar-refractivity contribution in [3.63, 3.8) is 0 Å². The highest BCUT2D eigenvalue weighted by molar-refractivity contribution is 5.74. The maximum atomic E-state index is 13.4. The van der Waals surface area contributed by atoms with Crippen LogP contribution in [0.5, 0.6) is 5.75 Å². The standard InChI is InChI=1S/C18H23FN4O2/c1-25-17-10-13(5-6-15(17)19)7-8-20-18(24)23-9-3-2-4-16(23)14-11-21-22-12-14/h5-6,10-12,16H,2-4,7-9H2,1H3,(H,20,24)(H,21,22)/t16-/m1/s1. The van der Waals surface area contributed by atoms with E-state index < -0.39 is 0 Å². The smallest absolute Gasteiger partial charge is 0.317 e. The average molecular weight is 346 g/mol. The number of nitrogens with zero attached hydrogens (tertiary/aromatic N) is 2. The molecule has 0 aliphatic carbocycles. The molecule has 0 spiro atoms. The molecule has 25 heavy (non-hydrogen) atoms. The molecule has 7 heteroatoms. The number of hydrogen-bond donors (Lipinski definition) is 2. The Balaban J connectivity index is 1.56. The van der Waals surface area contributed by atoms with E-state index in [9.17, 15) is 9.18 Å². The molecule has 1 aromatic heterocycles. The molecule has 1 fully saturated rings. The summed E-state index contributed by atoms with van der Waals surface area (Å²) in [6, 6.07) is 4.75. The SMILES string of the molecule is COc1cc(CCNC(=O)N2CCCC[C@@H]2c2cn[nH]c2)ccc1F. The van der Waals surface area contributed by atoms with Crippen LogP contribution in [0.2, 0.25) is 0 Å². The number of carbonyl (C=O) groups is 1. The van der Waals surface area contributed by atoms with Crippen molar-refractivity contribution in [2.24, 2.45) is 0 Å². The van der Waals surface area contributed by atoms with Crippen molar-refractivity contribution in [2.45, 2.75) is 31.7 Å². The van der Waals surface area contributed by atoms with Crippen LogP contribution in [0.25, 0.3) is 0 Å². The quantitative estimate of drug-likeness (QED) is 0.874. The molecule has 134 valence electrons. The minimum absolute atomic E-state index is 0.0680. The number of carbonyl (C=O) groups excluding carboxylic acids is 1. The lowest BCUT2D eigenvalue weighted by Crippen LogP contribution is -2.45. The molecule has 0 radical (unpaired) electrons. The van der Waals surface area contributed by atoms with Gasteiger partial charge < -0.3 is 15.0 Å². The van der Waals surface area contributed by atoms with Crippen LogP contribution in [-0.4, -0.2) is 41.3 Å². The van der Waals surface area contributed by atoms with E-state index in [4.69, 9.17) is 4.74 Å². The zero-order chi connectivity index (χ0) is 17.6. The van der Waals surface area contributed by atoms with Gasteiger partial charge in [-0.1, -0.05) is 6.07 Å². The molecule has 3 rings (SSSR count). The number of hydrogen-bond acceptors (Lipinski definition) is 3. The van der Waals surface area contributed by atoms with Crippen LogP contribution in [0.15, 0.2) is 30.6 Å². The van der Waals surface area contributed by atoms with Crippen LogP contribution in [0.4, 0.5) is 9.18 Å². The number of aromatic nitrogens is 2. The predicted molar refractivity (Wildman–Crippen MR) is 91.9 cm³/mol. The summed E-state index contributed by atoms with van der Waals surface area (Å²) in [7, 11) is 1.44. The number of benzene rings is 1. The molecule has 2 heterocycles. The van der Waals surface area contributed by atoms with E-state index in [0.29, 0.717) is 13.0 Å². The van der Waals surface area contributed by atoms with Gasteiger partial charge in [0.05, 0.1) is 19.3 Å². The van der Waals surface area contributed by atoms with Gasteiger partial charge in [0.25, 0.3) is 0 Å². The Kier molecular flexibility index (Phi) is 5.53. The lowest BCUT2D eigenvalue weighted by Gasteiger charge is -2.35. The molecular formula is C18H23FN4O2. The zero-order valence-electron chi connectivity index (χ0n) is 14.3. The zero-order valence-corrected chi connectivity index (χ0v) is 14.3. The number of rotatable bonds is 5. The molecule has 1 aromatic carbocycles. The number of aromatic amines is 1. The molecule has 0 unspecified atom stereocenters. The van der Waals surface area contributed by atoms with Crippen molar-refractivity contribution in [1.82, 2.24) is 20.4 Å². The maximum absolute atomic E-state index is 13.4. The molecule has 2 amide bonds. The number of piperidine rings is 1. The van der Waals surface area contributed by atoms with E-state index in [0.717, 1.165) is 36.9 Å². The fourth-order valence-corrected chi connectivity index (χ4v) is 3.24. The van der Waals surface area contributed by atoms with Gasteiger partial charge in [-0.15, -0.1) is 0 Å². The minimum Gasteiger partial charge on any atom is -0.494 e. The molecule has 1 saturated heterocycles. The van der Waals surface area contributed by atoms with Gasteiger partial charge in [-0.3, -0.25) is 5.10 Å². The van der Waals surface area contributed by atoms with Gasteiger partial charge in [0.2, 0.25) is 0 Å². The summed E-state index contributed by atoms with van der Waals surface area (Å²) in [5, 5.41) is 9.77. The first-order chi connectivity index (χ1) is 12.2. The van der Waals surface area contributed by atoms with E-state index >= 15 is 0 Å². The van der Waals surface area contributed by atoms with Gasteiger partial charge in [-0.05, 0) is 43.4 Å². The van der Waals surface area contributed by atoms with Crippen molar-refractivity contribution in [1.29, 1.82) is 0 Å². The summed E-state index contributed by atoms with van der Waals surface area (Å²) < 4.78 is 18.4. The third-order valence-electron chi connectivity index (χ3n) is 4.57. The van der Waals surface area contributed by atoms with Crippen LogP contribution >= 0.6 is 0 Å². The second-order valence-electron chi connectivity index (χ2n) is 6.19. The first-order valence-corrected chi connectivity index (χ1v) is 8.54. The van der Waals surface area contributed by atoms with Crippen molar-refractivity contribution < 1.29 is 13.9 Å². The van der Waals surface area contributed by atoms with E-state index in [-0.39, 0.29) is 23.6 Å². The average Bonchev–Trinajstić information content (AvgIpc) is 3.17. The van der Waals surface area contributed by atoms with E-state index in [2.05, 4.69) is 15.5 Å². The second kappa shape index (κ2) is 8.00. The summed E-state index contributed by atoms with van der Waals surface area (Å²) >= 11 is 0. The second-order valence-corrected chi connectivity index (χ2v) is 6.19. The third kappa shape index (κ3) is 4.10. The molecule has 2 N–H and O–H groups in total. The van der Waals surface area contributed by atoms with Crippen LogP contribution in [-0.2, 0) is 6.42 Å². The van der Waals surface area contributed by atoms with E-state index in [1.165, 1.54) is 13.2 Å². The normalized spacial score (nSPS) is 17.4. The van der Waals surface area contributed by atoms with Gasteiger partial charge in [-0.25, -0.2) is 9.18 Å². The molecule has 2 aromatic rings. The van der Waals surface area contributed by atoms with Crippen molar-refractivity contribution in [3.8, 4) is 5.75 Å². The highest BCUT2D eigenvalue weighted by atomic mass is 19.1. The molecule has 0 saturated carbocycles. The molecule has 1 aliphatic rings. The van der Waals surface area contributed by atoms with Crippen LogP contribution in [0, 0.1) is 5.82 Å². The van der Waals surface area contributed by atoms with Crippen molar-refractivity contribution >= 4 is 6.03 Å². The molecular weight excluding hydrogens is 323 g/mol. The number of H-pyrrole nitrogens is 1. The monoisotopic (exact) mass is 346 g/mol. The molecule has 6 nitrogen and oxygen atoms in total. The predicted octanol–water partition coefficient (Wildman–Crippen LogP) is 3.04. The van der Waals surface area contributed by atoms with Gasteiger partial charge in [0.1, 0.15) is 0 Å². The summed E-state index contributed by atoms with van der Waals surface area (Å²) in [4.78, 5) is 14.4. The number of nitrogens with one attached hydrogen (secondary N) is 2. The number of amides is 2. The third-order valence-corrected chi connectivity index (χ3v) is 4.57. The summed E-state index contributed by atoms with van der Waals surface area (Å²) in [5.41, 5.74) is 1.96. The van der Waals surface area contributed by atoms with Gasteiger partial charge in [0, 0.05) is 24.8 Å². The van der Waals surface area contributed by atoms with Crippen LogP contribution in [0.3, 0.4) is 0 Å². The highest BCUT2D eigenvalue weighted by Crippen LogP contribution is 2.30. The van der Waals surface area contributed by atoms with Crippen molar-refractivity contribution in [2.75, 3.05) is 20.2 Å². The fourth-order valence-electron chi connectivity index (χ4n) is 3.24. The Morgan fingerprint density at radius 3 is 3.12 bits per heavy atom. The number of methoxy groups -OCH3 is 1. The highest BCUT2D eigenvalue weighted by Gasteiger charge is 2.28. The Morgan fingerprint density at radius 2 is 2.36 bits per heavy atom. The lowest BCUT2D eigenvalue weighted by molar-refractivity contribution is 0.151. The Bertz CT molecular complexity index is 705. The molecule has 1 aliphatic heterocycles. The van der Waals surface area contributed by atoms with Crippen LogP contribution < -0.4 is 10.1 Å². The first-order valence-electron chi connectivity index (χ1n) is 8.54.